The molecule has 0 radical (unpaired) electrons. The number of aromatic nitrogens is 2. The zero-order valence-corrected chi connectivity index (χ0v) is 12.7. The molecule has 1 aliphatic heterocycles. The Balaban J connectivity index is 2.10. The SMILES string of the molecule is CCCCNc1nc(C)cn1C1CCOC(C)(C)C1. The molecule has 1 aromatic heterocycles. The first-order chi connectivity index (χ1) is 9.02. The lowest BCUT2D eigenvalue weighted by molar-refractivity contribution is -0.0688. The molecule has 0 spiro atoms. The molecule has 1 atom stereocenters. The zero-order valence-electron chi connectivity index (χ0n) is 12.7. The first kappa shape index (κ1) is 14.4. The van der Waals surface area contributed by atoms with Gasteiger partial charge in [-0.25, -0.2) is 4.98 Å². The summed E-state index contributed by atoms with van der Waals surface area (Å²) in [6, 6.07) is 0.495. The minimum Gasteiger partial charge on any atom is -0.375 e. The highest BCUT2D eigenvalue weighted by Crippen LogP contribution is 2.33. The molecule has 1 N–H and O–H groups in total. The minimum atomic E-state index is -0.0260. The second-order valence-electron chi connectivity index (χ2n) is 6.15. The lowest BCUT2D eigenvalue weighted by Crippen LogP contribution is -2.35. The van der Waals surface area contributed by atoms with Gasteiger partial charge >= 0.3 is 0 Å². The Morgan fingerprint density at radius 1 is 1.53 bits per heavy atom. The standard InChI is InChI=1S/C15H27N3O/c1-5-6-8-16-14-17-12(2)11-18(14)13-7-9-19-15(3,4)10-13/h11,13H,5-10H2,1-4H3,(H,16,17). The molecule has 1 saturated heterocycles. The van der Waals surface area contributed by atoms with Crippen molar-refractivity contribution in [3.8, 4) is 0 Å². The van der Waals surface area contributed by atoms with E-state index in [1.165, 1.54) is 12.8 Å². The van der Waals surface area contributed by atoms with Crippen molar-refractivity contribution in [2.75, 3.05) is 18.5 Å². The van der Waals surface area contributed by atoms with E-state index in [2.05, 4.69) is 48.8 Å². The Morgan fingerprint density at radius 2 is 2.32 bits per heavy atom. The normalized spacial score (nSPS) is 22.4. The second kappa shape index (κ2) is 5.95. The van der Waals surface area contributed by atoms with E-state index in [1.54, 1.807) is 0 Å². The quantitative estimate of drug-likeness (QED) is 0.828. The predicted molar refractivity (Wildman–Crippen MR) is 78.7 cm³/mol. The third-order valence-electron chi connectivity index (χ3n) is 3.73. The molecular weight excluding hydrogens is 238 g/mol. The summed E-state index contributed by atoms with van der Waals surface area (Å²) in [4.78, 5) is 4.62. The number of nitrogens with one attached hydrogen (secondary N) is 1. The van der Waals surface area contributed by atoms with Gasteiger partial charge in [0.05, 0.1) is 11.3 Å². The van der Waals surface area contributed by atoms with E-state index in [-0.39, 0.29) is 5.60 Å². The largest absolute Gasteiger partial charge is 0.375 e. The summed E-state index contributed by atoms with van der Waals surface area (Å²) in [5.41, 5.74) is 1.06. The molecule has 4 heteroatoms. The van der Waals surface area contributed by atoms with Crippen molar-refractivity contribution in [2.45, 2.75) is 65.0 Å². The molecule has 0 aliphatic carbocycles. The number of imidazole rings is 1. The van der Waals surface area contributed by atoms with E-state index in [4.69, 9.17) is 4.74 Å². The molecule has 0 saturated carbocycles. The number of ether oxygens (including phenoxy) is 1. The van der Waals surface area contributed by atoms with Gasteiger partial charge in [-0.3, -0.25) is 0 Å². The topological polar surface area (TPSA) is 39.1 Å². The molecule has 1 aromatic rings. The van der Waals surface area contributed by atoms with Gasteiger partial charge in [0.25, 0.3) is 0 Å². The predicted octanol–water partition coefficient (Wildman–Crippen LogP) is 3.53. The van der Waals surface area contributed by atoms with Crippen LogP contribution in [0.4, 0.5) is 5.95 Å². The van der Waals surface area contributed by atoms with E-state index in [9.17, 15) is 0 Å². The first-order valence-electron chi connectivity index (χ1n) is 7.45. The molecule has 0 bridgehead atoms. The van der Waals surface area contributed by atoms with Crippen molar-refractivity contribution in [2.24, 2.45) is 0 Å². The molecule has 0 amide bonds. The molecule has 1 fully saturated rings. The fourth-order valence-electron chi connectivity index (χ4n) is 2.74. The summed E-state index contributed by atoms with van der Waals surface area (Å²) in [5.74, 6) is 1.02. The Morgan fingerprint density at radius 3 is 3.00 bits per heavy atom. The molecule has 1 aliphatic rings. The molecule has 2 heterocycles. The van der Waals surface area contributed by atoms with Gasteiger partial charge in [-0.2, -0.15) is 0 Å². The molecule has 19 heavy (non-hydrogen) atoms. The molecule has 1 unspecified atom stereocenters. The van der Waals surface area contributed by atoms with Crippen LogP contribution >= 0.6 is 0 Å². The summed E-state index contributed by atoms with van der Waals surface area (Å²) >= 11 is 0. The van der Waals surface area contributed by atoms with Crippen molar-refractivity contribution in [1.82, 2.24) is 9.55 Å². The highest BCUT2D eigenvalue weighted by molar-refractivity contribution is 5.29. The molecule has 0 aromatic carbocycles. The third kappa shape index (κ3) is 3.72. The van der Waals surface area contributed by atoms with Crippen LogP contribution in [0, 0.1) is 6.92 Å². The summed E-state index contributed by atoms with van der Waals surface area (Å²) in [5, 5.41) is 3.47. The van der Waals surface area contributed by atoms with Gasteiger partial charge in [-0.15, -0.1) is 0 Å². The lowest BCUT2D eigenvalue weighted by Gasteiger charge is -2.36. The number of hydrogen-bond donors (Lipinski definition) is 1. The Kier molecular flexibility index (Phi) is 4.50. The van der Waals surface area contributed by atoms with Gasteiger partial charge < -0.3 is 14.6 Å². The van der Waals surface area contributed by atoms with Gasteiger partial charge in [-0.05, 0) is 40.0 Å². The Labute approximate surface area is 116 Å². The molecule has 108 valence electrons. The monoisotopic (exact) mass is 265 g/mol. The van der Waals surface area contributed by atoms with Crippen LogP contribution in [0.1, 0.15) is 58.2 Å². The first-order valence-corrected chi connectivity index (χ1v) is 7.45. The number of hydrogen-bond acceptors (Lipinski definition) is 3. The van der Waals surface area contributed by atoms with E-state index >= 15 is 0 Å². The van der Waals surface area contributed by atoms with Crippen LogP contribution in [0.25, 0.3) is 0 Å². The van der Waals surface area contributed by atoms with E-state index < -0.39 is 0 Å². The van der Waals surface area contributed by atoms with Crippen molar-refractivity contribution in [1.29, 1.82) is 0 Å². The maximum atomic E-state index is 5.81. The Bertz CT molecular complexity index is 412. The summed E-state index contributed by atoms with van der Waals surface area (Å²) in [7, 11) is 0. The average molecular weight is 265 g/mol. The summed E-state index contributed by atoms with van der Waals surface area (Å²) in [6.07, 6.45) is 6.68. The van der Waals surface area contributed by atoms with E-state index in [0.29, 0.717) is 6.04 Å². The molecular formula is C15H27N3O. The summed E-state index contributed by atoms with van der Waals surface area (Å²) in [6.45, 7) is 10.5. The third-order valence-corrected chi connectivity index (χ3v) is 3.73. The highest BCUT2D eigenvalue weighted by Gasteiger charge is 2.30. The van der Waals surface area contributed by atoms with Crippen LogP contribution in [0.15, 0.2) is 6.20 Å². The van der Waals surface area contributed by atoms with Crippen LogP contribution in [0.3, 0.4) is 0 Å². The van der Waals surface area contributed by atoms with Crippen molar-refractivity contribution < 1.29 is 4.74 Å². The highest BCUT2D eigenvalue weighted by atomic mass is 16.5. The lowest BCUT2D eigenvalue weighted by atomic mass is 9.94. The number of unbranched alkanes of at least 4 members (excludes halogenated alkanes) is 1. The number of nitrogens with zero attached hydrogens (tertiary/aromatic N) is 2. The van der Waals surface area contributed by atoms with Crippen molar-refractivity contribution in [3.63, 3.8) is 0 Å². The fourth-order valence-corrected chi connectivity index (χ4v) is 2.74. The number of anilines is 1. The molecule has 4 nitrogen and oxygen atoms in total. The maximum absolute atomic E-state index is 5.81. The Hall–Kier alpha value is -1.03. The molecule has 2 rings (SSSR count). The number of aryl methyl sites for hydroxylation is 1. The smallest absolute Gasteiger partial charge is 0.203 e. The van der Waals surface area contributed by atoms with Crippen LogP contribution in [0.2, 0.25) is 0 Å². The van der Waals surface area contributed by atoms with Gasteiger partial charge in [0.2, 0.25) is 5.95 Å². The minimum absolute atomic E-state index is 0.0260. The fraction of sp³-hybridized carbons (Fsp3) is 0.800. The van der Waals surface area contributed by atoms with Gasteiger partial charge in [0.1, 0.15) is 0 Å². The van der Waals surface area contributed by atoms with E-state index in [1.807, 2.05) is 0 Å². The second-order valence-corrected chi connectivity index (χ2v) is 6.15. The maximum Gasteiger partial charge on any atom is 0.203 e. The van der Waals surface area contributed by atoms with Crippen molar-refractivity contribution >= 4 is 5.95 Å². The average Bonchev–Trinajstić information content (AvgIpc) is 2.70. The van der Waals surface area contributed by atoms with Crippen LogP contribution < -0.4 is 5.32 Å². The van der Waals surface area contributed by atoms with Crippen LogP contribution in [-0.4, -0.2) is 28.3 Å². The van der Waals surface area contributed by atoms with E-state index in [0.717, 1.165) is 37.6 Å². The number of rotatable bonds is 5. The van der Waals surface area contributed by atoms with Crippen LogP contribution in [0.5, 0.6) is 0 Å². The van der Waals surface area contributed by atoms with Gasteiger partial charge in [0.15, 0.2) is 0 Å². The zero-order chi connectivity index (χ0) is 13.9. The van der Waals surface area contributed by atoms with Crippen molar-refractivity contribution in [3.05, 3.63) is 11.9 Å². The summed E-state index contributed by atoms with van der Waals surface area (Å²) < 4.78 is 8.12. The van der Waals surface area contributed by atoms with Gasteiger partial charge in [0, 0.05) is 25.4 Å². The van der Waals surface area contributed by atoms with Crippen LogP contribution in [-0.2, 0) is 4.74 Å². The van der Waals surface area contributed by atoms with Gasteiger partial charge in [-0.1, -0.05) is 13.3 Å².